The van der Waals surface area contributed by atoms with Crippen molar-refractivity contribution in [1.82, 2.24) is 9.80 Å². The Morgan fingerprint density at radius 1 is 1.17 bits per heavy atom. The number of carbonyl (C=O) groups excluding carboxylic acids is 2. The average Bonchev–Trinajstić information content (AvgIpc) is 3.41. The lowest BCUT2D eigenvalue weighted by molar-refractivity contribution is -0.134. The fourth-order valence-electron chi connectivity index (χ4n) is 3.44. The Labute approximate surface area is 170 Å². The highest BCUT2D eigenvalue weighted by Gasteiger charge is 2.26. The first kappa shape index (κ1) is 21.0. The number of benzene rings is 1. The number of halogens is 1. The second kappa shape index (κ2) is 10.2. The van der Waals surface area contributed by atoms with Crippen LogP contribution in [-0.2, 0) is 16.1 Å². The minimum atomic E-state index is -0.402. The lowest BCUT2D eigenvalue weighted by Gasteiger charge is -2.28. The summed E-state index contributed by atoms with van der Waals surface area (Å²) in [4.78, 5) is 29.2. The molecule has 2 amide bonds. The molecule has 3 rings (SSSR count). The Morgan fingerprint density at radius 2 is 1.97 bits per heavy atom. The second-order valence-corrected chi connectivity index (χ2v) is 7.22. The summed E-state index contributed by atoms with van der Waals surface area (Å²) in [6, 6.07) is 8.99. The third-order valence-corrected chi connectivity index (χ3v) is 4.93. The van der Waals surface area contributed by atoms with Crippen LogP contribution in [0.3, 0.4) is 0 Å². The predicted octanol–water partition coefficient (Wildman–Crippen LogP) is 3.48. The lowest BCUT2D eigenvalue weighted by atomic mass is 10.2. The average molecular weight is 402 g/mol. The van der Waals surface area contributed by atoms with Crippen molar-refractivity contribution in [1.29, 1.82) is 0 Å². The molecule has 0 radical (unpaired) electrons. The molecule has 29 heavy (non-hydrogen) atoms. The molecule has 2 aromatic rings. The minimum absolute atomic E-state index is 0.00124. The van der Waals surface area contributed by atoms with Crippen molar-refractivity contribution in [3.05, 3.63) is 59.8 Å². The topological polar surface area (TPSA) is 63.0 Å². The Hall–Kier alpha value is -2.67. The van der Waals surface area contributed by atoms with Crippen LogP contribution in [-0.4, -0.2) is 54.0 Å². The molecular formula is C22H27FN2O4. The molecule has 1 aliphatic heterocycles. The Kier molecular flexibility index (Phi) is 7.41. The number of rotatable bonds is 9. The number of hydrogen-bond donors (Lipinski definition) is 0. The van der Waals surface area contributed by atoms with E-state index in [1.54, 1.807) is 17.2 Å². The van der Waals surface area contributed by atoms with Crippen LogP contribution in [0.15, 0.2) is 47.1 Å². The lowest BCUT2D eigenvalue weighted by Crippen LogP contribution is -2.45. The van der Waals surface area contributed by atoms with E-state index >= 15 is 0 Å². The van der Waals surface area contributed by atoms with Gasteiger partial charge in [-0.25, -0.2) is 4.39 Å². The van der Waals surface area contributed by atoms with Crippen LogP contribution in [0.4, 0.5) is 4.39 Å². The summed E-state index contributed by atoms with van der Waals surface area (Å²) in [7, 11) is 0. The van der Waals surface area contributed by atoms with E-state index in [-0.39, 0.29) is 24.5 Å². The molecule has 1 aromatic carbocycles. The van der Waals surface area contributed by atoms with Crippen molar-refractivity contribution in [3.63, 3.8) is 0 Å². The van der Waals surface area contributed by atoms with E-state index in [1.165, 1.54) is 29.2 Å². The summed E-state index contributed by atoms with van der Waals surface area (Å²) in [5, 5.41) is 0. The van der Waals surface area contributed by atoms with Crippen LogP contribution in [0.2, 0.25) is 0 Å². The Morgan fingerprint density at radius 3 is 2.59 bits per heavy atom. The van der Waals surface area contributed by atoms with Gasteiger partial charge in [0.2, 0.25) is 5.91 Å². The van der Waals surface area contributed by atoms with Crippen LogP contribution in [0.5, 0.6) is 0 Å². The first-order valence-electron chi connectivity index (χ1n) is 10.0. The summed E-state index contributed by atoms with van der Waals surface area (Å²) in [5.41, 5.74) is 0.365. The predicted molar refractivity (Wildman–Crippen MR) is 106 cm³/mol. The standard InChI is InChI=1S/C22H27FN2O4/c1-2-11-24(22(27)17-7-9-18(23)10-8-17)16-21(26)25(14-19-5-3-12-28-19)15-20-6-4-13-29-20/h3,5,7-10,12,20H,2,4,6,11,13-16H2,1H3. The quantitative estimate of drug-likeness (QED) is 0.644. The maximum atomic E-state index is 13.2. The highest BCUT2D eigenvalue weighted by Crippen LogP contribution is 2.16. The number of carbonyl (C=O) groups is 2. The minimum Gasteiger partial charge on any atom is -0.467 e. The molecule has 1 unspecified atom stereocenters. The monoisotopic (exact) mass is 402 g/mol. The molecular weight excluding hydrogens is 375 g/mol. The molecule has 0 saturated carbocycles. The Bertz CT molecular complexity index is 786. The molecule has 1 fully saturated rings. The van der Waals surface area contributed by atoms with Crippen LogP contribution in [0.25, 0.3) is 0 Å². The number of hydrogen-bond acceptors (Lipinski definition) is 4. The van der Waals surface area contributed by atoms with Gasteiger partial charge < -0.3 is 19.0 Å². The van der Waals surface area contributed by atoms with Gasteiger partial charge >= 0.3 is 0 Å². The van der Waals surface area contributed by atoms with E-state index in [9.17, 15) is 14.0 Å². The van der Waals surface area contributed by atoms with E-state index < -0.39 is 5.82 Å². The zero-order valence-electron chi connectivity index (χ0n) is 16.7. The molecule has 0 bridgehead atoms. The third kappa shape index (κ3) is 5.90. The second-order valence-electron chi connectivity index (χ2n) is 7.22. The summed E-state index contributed by atoms with van der Waals surface area (Å²) < 4.78 is 24.3. The third-order valence-electron chi connectivity index (χ3n) is 4.93. The molecule has 1 aliphatic rings. The Balaban J connectivity index is 1.71. The largest absolute Gasteiger partial charge is 0.467 e. The fourth-order valence-corrected chi connectivity index (χ4v) is 3.44. The van der Waals surface area contributed by atoms with E-state index in [2.05, 4.69) is 0 Å². The highest BCUT2D eigenvalue weighted by molar-refractivity contribution is 5.96. The molecule has 1 atom stereocenters. The van der Waals surface area contributed by atoms with Gasteiger partial charge in [-0.3, -0.25) is 9.59 Å². The number of furan rings is 1. The molecule has 0 N–H and O–H groups in total. The molecule has 2 heterocycles. The normalized spacial score (nSPS) is 16.0. The molecule has 6 nitrogen and oxygen atoms in total. The van der Waals surface area contributed by atoms with E-state index in [1.807, 2.05) is 13.0 Å². The van der Waals surface area contributed by atoms with Crippen molar-refractivity contribution >= 4 is 11.8 Å². The maximum Gasteiger partial charge on any atom is 0.254 e. The molecule has 7 heteroatoms. The number of amides is 2. The van der Waals surface area contributed by atoms with Gasteiger partial charge in [0.15, 0.2) is 0 Å². The van der Waals surface area contributed by atoms with Crippen LogP contribution >= 0.6 is 0 Å². The molecule has 156 valence electrons. The highest BCUT2D eigenvalue weighted by atomic mass is 19.1. The van der Waals surface area contributed by atoms with E-state index in [4.69, 9.17) is 9.15 Å². The first-order valence-corrected chi connectivity index (χ1v) is 10.0. The van der Waals surface area contributed by atoms with Crippen molar-refractivity contribution in [3.8, 4) is 0 Å². The SMILES string of the molecule is CCCN(CC(=O)N(Cc1ccco1)CC1CCCO1)C(=O)c1ccc(F)cc1. The van der Waals surface area contributed by atoms with E-state index in [0.717, 1.165) is 12.8 Å². The van der Waals surface area contributed by atoms with Gasteiger partial charge in [-0.15, -0.1) is 0 Å². The van der Waals surface area contributed by atoms with Gasteiger partial charge in [-0.2, -0.15) is 0 Å². The van der Waals surface area contributed by atoms with Gasteiger partial charge in [0.05, 0.1) is 18.9 Å². The first-order chi connectivity index (χ1) is 14.1. The maximum absolute atomic E-state index is 13.2. The van der Waals surface area contributed by atoms with E-state index in [0.29, 0.717) is 44.0 Å². The fraction of sp³-hybridized carbons (Fsp3) is 0.455. The van der Waals surface area contributed by atoms with Crippen LogP contribution in [0, 0.1) is 5.82 Å². The molecule has 0 spiro atoms. The van der Waals surface area contributed by atoms with Gasteiger partial charge in [0.25, 0.3) is 5.91 Å². The van der Waals surface area contributed by atoms with Gasteiger partial charge in [-0.1, -0.05) is 6.92 Å². The summed E-state index contributed by atoms with van der Waals surface area (Å²) in [5.74, 6) is -0.166. The number of ether oxygens (including phenoxy) is 1. The molecule has 1 saturated heterocycles. The summed E-state index contributed by atoms with van der Waals surface area (Å²) in [6.45, 7) is 3.84. The summed E-state index contributed by atoms with van der Waals surface area (Å²) >= 11 is 0. The van der Waals surface area contributed by atoms with Crippen LogP contribution < -0.4 is 0 Å². The van der Waals surface area contributed by atoms with Crippen molar-refractivity contribution in [2.75, 3.05) is 26.2 Å². The van der Waals surface area contributed by atoms with Crippen molar-refractivity contribution < 1.29 is 23.1 Å². The van der Waals surface area contributed by atoms with Gasteiger partial charge in [0.1, 0.15) is 18.1 Å². The van der Waals surface area contributed by atoms with Crippen LogP contribution in [0.1, 0.15) is 42.3 Å². The zero-order chi connectivity index (χ0) is 20.6. The van der Waals surface area contributed by atoms with Gasteiger partial charge in [-0.05, 0) is 55.7 Å². The van der Waals surface area contributed by atoms with Gasteiger partial charge in [0, 0.05) is 25.3 Å². The summed E-state index contributed by atoms with van der Waals surface area (Å²) in [6.07, 6.45) is 4.18. The zero-order valence-corrected chi connectivity index (χ0v) is 16.7. The molecule has 0 aliphatic carbocycles. The van der Waals surface area contributed by atoms with Crippen molar-refractivity contribution in [2.24, 2.45) is 0 Å². The number of nitrogens with zero attached hydrogens (tertiary/aromatic N) is 2. The molecule has 1 aromatic heterocycles. The smallest absolute Gasteiger partial charge is 0.254 e. The van der Waals surface area contributed by atoms with Crippen molar-refractivity contribution in [2.45, 2.75) is 38.8 Å².